The lowest BCUT2D eigenvalue weighted by atomic mass is 10.0. The predicted octanol–water partition coefficient (Wildman–Crippen LogP) is 4.41. The second-order valence-electron chi connectivity index (χ2n) is 5.27. The van der Waals surface area contributed by atoms with Crippen LogP contribution in [-0.2, 0) is 6.54 Å². The van der Waals surface area contributed by atoms with Crippen molar-refractivity contribution in [2.24, 2.45) is 5.73 Å². The molecular weight excluding hydrogens is 312 g/mol. The first kappa shape index (κ1) is 15.1. The Morgan fingerprint density at radius 3 is 2.55 bits per heavy atom. The molecule has 0 aliphatic rings. The number of hydrogen-bond acceptors (Lipinski definition) is 2. The molecule has 106 valence electrons. The lowest BCUT2D eigenvalue weighted by Gasteiger charge is -2.25. The van der Waals surface area contributed by atoms with Crippen molar-refractivity contribution in [2.45, 2.75) is 26.4 Å². The van der Waals surface area contributed by atoms with Crippen molar-refractivity contribution in [3.63, 3.8) is 0 Å². The molecule has 2 aromatic carbocycles. The lowest BCUT2D eigenvalue weighted by Crippen LogP contribution is -2.20. The van der Waals surface area contributed by atoms with Crippen molar-refractivity contribution in [3.05, 3.63) is 63.6 Å². The van der Waals surface area contributed by atoms with Crippen LogP contribution < -0.4 is 10.6 Å². The molecule has 2 nitrogen and oxygen atoms in total. The summed E-state index contributed by atoms with van der Waals surface area (Å²) in [5.41, 5.74) is 11.1. The topological polar surface area (TPSA) is 29.3 Å². The Labute approximate surface area is 129 Å². The number of hydrogen-bond donors (Lipinski definition) is 1. The Hall–Kier alpha value is -1.32. The van der Waals surface area contributed by atoms with Gasteiger partial charge in [0.25, 0.3) is 0 Å². The summed E-state index contributed by atoms with van der Waals surface area (Å²) < 4.78 is 1.07. The van der Waals surface area contributed by atoms with E-state index in [0.29, 0.717) is 0 Å². The third-order valence-corrected chi connectivity index (χ3v) is 4.05. The van der Waals surface area contributed by atoms with E-state index in [1.165, 1.54) is 16.8 Å². The first-order chi connectivity index (χ1) is 9.49. The van der Waals surface area contributed by atoms with Gasteiger partial charge in [0.15, 0.2) is 0 Å². The maximum Gasteiger partial charge on any atom is 0.0428 e. The van der Waals surface area contributed by atoms with Crippen LogP contribution in [0.5, 0.6) is 0 Å². The van der Waals surface area contributed by atoms with Crippen LogP contribution in [0.3, 0.4) is 0 Å². The highest BCUT2D eigenvalue weighted by Crippen LogP contribution is 2.29. The molecule has 0 fully saturated rings. The van der Waals surface area contributed by atoms with Gasteiger partial charge in [-0.25, -0.2) is 0 Å². The summed E-state index contributed by atoms with van der Waals surface area (Å²) in [6.45, 7) is 5.05. The highest BCUT2D eigenvalue weighted by atomic mass is 79.9. The zero-order chi connectivity index (χ0) is 14.7. The molecular formula is C17H21BrN2. The summed E-state index contributed by atoms with van der Waals surface area (Å²) in [6, 6.07) is 14.8. The van der Waals surface area contributed by atoms with Crippen LogP contribution in [0.2, 0.25) is 0 Å². The number of nitrogens with two attached hydrogens (primary N) is 1. The van der Waals surface area contributed by atoms with Gasteiger partial charge in [0.05, 0.1) is 0 Å². The van der Waals surface area contributed by atoms with Crippen LogP contribution in [0.1, 0.15) is 29.7 Å². The number of rotatable bonds is 4. The average Bonchev–Trinajstić information content (AvgIpc) is 2.41. The minimum absolute atomic E-state index is 0.0156. The second-order valence-corrected chi connectivity index (χ2v) is 6.19. The Morgan fingerprint density at radius 2 is 1.90 bits per heavy atom. The fourth-order valence-electron chi connectivity index (χ4n) is 2.37. The number of benzene rings is 2. The Kier molecular flexibility index (Phi) is 4.84. The molecule has 0 spiro atoms. The Morgan fingerprint density at radius 1 is 1.20 bits per heavy atom. The third kappa shape index (κ3) is 3.41. The van der Waals surface area contributed by atoms with Crippen LogP contribution in [-0.4, -0.2) is 7.05 Å². The van der Waals surface area contributed by atoms with Crippen molar-refractivity contribution in [2.75, 3.05) is 11.9 Å². The Bertz CT molecular complexity index is 593. The summed E-state index contributed by atoms with van der Waals surface area (Å²) in [6.07, 6.45) is 0. The van der Waals surface area contributed by atoms with E-state index in [4.69, 9.17) is 5.73 Å². The third-order valence-electron chi connectivity index (χ3n) is 3.56. The summed E-state index contributed by atoms with van der Waals surface area (Å²) in [5, 5.41) is 0. The van der Waals surface area contributed by atoms with E-state index in [0.717, 1.165) is 16.6 Å². The van der Waals surface area contributed by atoms with E-state index in [1.807, 2.05) is 6.92 Å². The van der Waals surface area contributed by atoms with Gasteiger partial charge in [-0.05, 0) is 48.7 Å². The molecule has 0 saturated carbocycles. The highest BCUT2D eigenvalue weighted by Gasteiger charge is 2.12. The van der Waals surface area contributed by atoms with Crippen molar-refractivity contribution in [1.82, 2.24) is 0 Å². The van der Waals surface area contributed by atoms with E-state index in [-0.39, 0.29) is 6.04 Å². The molecule has 0 aliphatic carbocycles. The summed E-state index contributed by atoms with van der Waals surface area (Å²) >= 11 is 3.52. The highest BCUT2D eigenvalue weighted by molar-refractivity contribution is 9.10. The standard InChI is InChI=1S/C17H21BrN2/c1-12-6-4-5-7-14(12)11-20(3)17-9-8-15(18)10-16(17)13(2)19/h4-10,13H,11,19H2,1-3H3. The van der Waals surface area contributed by atoms with Crippen molar-refractivity contribution < 1.29 is 0 Å². The monoisotopic (exact) mass is 332 g/mol. The normalized spacial score (nSPS) is 12.2. The van der Waals surface area contributed by atoms with Gasteiger partial charge in [-0.1, -0.05) is 40.2 Å². The van der Waals surface area contributed by atoms with Crippen molar-refractivity contribution >= 4 is 21.6 Å². The van der Waals surface area contributed by atoms with Gasteiger partial charge in [-0.15, -0.1) is 0 Å². The number of nitrogens with zero attached hydrogens (tertiary/aromatic N) is 1. The van der Waals surface area contributed by atoms with Gasteiger partial charge in [0, 0.05) is 29.8 Å². The van der Waals surface area contributed by atoms with E-state index in [9.17, 15) is 0 Å². The molecule has 0 amide bonds. The van der Waals surface area contributed by atoms with Gasteiger partial charge in [0.2, 0.25) is 0 Å². The van der Waals surface area contributed by atoms with Gasteiger partial charge in [-0.3, -0.25) is 0 Å². The molecule has 20 heavy (non-hydrogen) atoms. The number of aryl methyl sites for hydroxylation is 1. The van der Waals surface area contributed by atoms with Crippen LogP contribution in [0, 0.1) is 6.92 Å². The van der Waals surface area contributed by atoms with Gasteiger partial charge in [0.1, 0.15) is 0 Å². The van der Waals surface area contributed by atoms with Crippen LogP contribution in [0.15, 0.2) is 46.9 Å². The van der Waals surface area contributed by atoms with Gasteiger partial charge < -0.3 is 10.6 Å². The molecule has 1 atom stereocenters. The van der Waals surface area contributed by atoms with Crippen LogP contribution in [0.4, 0.5) is 5.69 Å². The number of anilines is 1. The summed E-state index contributed by atoms with van der Waals surface area (Å²) in [5.74, 6) is 0. The van der Waals surface area contributed by atoms with Crippen LogP contribution in [0.25, 0.3) is 0 Å². The summed E-state index contributed by atoms with van der Waals surface area (Å²) in [7, 11) is 2.11. The van der Waals surface area contributed by atoms with Crippen LogP contribution >= 0.6 is 15.9 Å². The minimum atomic E-state index is 0.0156. The maximum absolute atomic E-state index is 6.10. The quantitative estimate of drug-likeness (QED) is 0.898. The summed E-state index contributed by atoms with van der Waals surface area (Å²) in [4.78, 5) is 2.26. The fourth-order valence-corrected chi connectivity index (χ4v) is 2.74. The molecule has 0 saturated heterocycles. The van der Waals surface area contributed by atoms with E-state index in [2.05, 4.69) is 77.3 Å². The number of halogens is 1. The van der Waals surface area contributed by atoms with Crippen molar-refractivity contribution in [1.29, 1.82) is 0 Å². The lowest BCUT2D eigenvalue weighted by molar-refractivity contribution is 0.799. The molecule has 2 aromatic rings. The molecule has 2 N–H and O–H groups in total. The first-order valence-corrected chi connectivity index (χ1v) is 7.59. The SMILES string of the molecule is Cc1ccccc1CN(C)c1ccc(Br)cc1C(C)N. The molecule has 0 radical (unpaired) electrons. The smallest absolute Gasteiger partial charge is 0.0428 e. The van der Waals surface area contributed by atoms with E-state index < -0.39 is 0 Å². The van der Waals surface area contributed by atoms with Gasteiger partial charge >= 0.3 is 0 Å². The minimum Gasteiger partial charge on any atom is -0.370 e. The fraction of sp³-hybridized carbons (Fsp3) is 0.294. The molecule has 0 heterocycles. The average molecular weight is 333 g/mol. The molecule has 0 bridgehead atoms. The van der Waals surface area contributed by atoms with E-state index in [1.54, 1.807) is 0 Å². The zero-order valence-electron chi connectivity index (χ0n) is 12.2. The molecule has 1 unspecified atom stereocenters. The first-order valence-electron chi connectivity index (χ1n) is 6.79. The van der Waals surface area contributed by atoms with Gasteiger partial charge in [-0.2, -0.15) is 0 Å². The predicted molar refractivity (Wildman–Crippen MR) is 90.0 cm³/mol. The second kappa shape index (κ2) is 6.42. The largest absolute Gasteiger partial charge is 0.370 e. The molecule has 0 aromatic heterocycles. The van der Waals surface area contributed by atoms with E-state index >= 15 is 0 Å². The Balaban J connectivity index is 2.30. The molecule has 2 rings (SSSR count). The zero-order valence-corrected chi connectivity index (χ0v) is 13.8. The maximum atomic E-state index is 6.10. The molecule has 3 heteroatoms. The molecule has 0 aliphatic heterocycles. The van der Waals surface area contributed by atoms with Crippen molar-refractivity contribution in [3.8, 4) is 0 Å².